The summed E-state index contributed by atoms with van der Waals surface area (Å²) in [4.78, 5) is 18.2. The van der Waals surface area contributed by atoms with Gasteiger partial charge in [0.1, 0.15) is 12.4 Å². The van der Waals surface area contributed by atoms with Crippen molar-refractivity contribution < 1.29 is 36.2 Å². The maximum Gasteiger partial charge on any atom is 0.430 e. The van der Waals surface area contributed by atoms with E-state index in [4.69, 9.17) is 4.74 Å². The normalized spacial score (nSPS) is 12.3. The molecule has 0 aliphatic rings. The highest BCUT2D eigenvalue weighted by Gasteiger charge is 2.71. The number of benzene rings is 3. The first-order valence-corrected chi connectivity index (χ1v) is 11.4. The van der Waals surface area contributed by atoms with Crippen molar-refractivity contribution in [2.75, 3.05) is 13.7 Å². The highest BCUT2D eigenvalue weighted by atomic mass is 19.4. The molecule has 0 fully saturated rings. The molecule has 0 saturated carbocycles. The molecule has 5 nitrogen and oxygen atoms in total. The van der Waals surface area contributed by atoms with Crippen LogP contribution in [0.5, 0.6) is 0 Å². The fraction of sp³-hybridized carbons (Fsp3) is 0.214. The Labute approximate surface area is 218 Å². The van der Waals surface area contributed by atoms with Gasteiger partial charge in [-0.2, -0.15) is 26.3 Å². The molecule has 0 radical (unpaired) electrons. The fourth-order valence-electron chi connectivity index (χ4n) is 4.02. The molecule has 0 unspecified atom stereocenters. The largest absolute Gasteiger partial charge is 0.430 e. The molecule has 3 aromatic carbocycles. The number of halogens is 6. The van der Waals surface area contributed by atoms with E-state index >= 15 is 0 Å². The van der Waals surface area contributed by atoms with Crippen molar-refractivity contribution in [1.29, 1.82) is 0 Å². The van der Waals surface area contributed by atoms with Crippen LogP contribution in [0.3, 0.4) is 0 Å². The van der Waals surface area contributed by atoms with Crippen LogP contribution in [0.25, 0.3) is 16.6 Å². The Hall–Kier alpha value is -4.14. The van der Waals surface area contributed by atoms with Crippen molar-refractivity contribution in [3.63, 3.8) is 0 Å². The van der Waals surface area contributed by atoms with Crippen LogP contribution in [0.15, 0.2) is 77.6 Å². The zero-order valence-corrected chi connectivity index (χ0v) is 20.3. The predicted octanol–water partition coefficient (Wildman–Crippen LogP) is 5.29. The Morgan fingerprint density at radius 3 is 2.15 bits per heavy atom. The van der Waals surface area contributed by atoms with Crippen molar-refractivity contribution in [1.82, 2.24) is 9.55 Å². The van der Waals surface area contributed by atoms with Gasteiger partial charge in [0.15, 0.2) is 0 Å². The Bertz CT molecular complexity index is 1590. The van der Waals surface area contributed by atoms with Gasteiger partial charge in [-0.1, -0.05) is 54.3 Å². The number of aromatic nitrogens is 2. The fourth-order valence-corrected chi connectivity index (χ4v) is 4.02. The third-order valence-electron chi connectivity index (χ3n) is 5.96. The third-order valence-corrected chi connectivity index (χ3v) is 5.96. The molecule has 1 aromatic heterocycles. The lowest BCUT2D eigenvalue weighted by Crippen LogP contribution is -2.53. The van der Waals surface area contributed by atoms with Gasteiger partial charge >= 0.3 is 12.4 Å². The summed E-state index contributed by atoms with van der Waals surface area (Å²) in [6.45, 7) is 0.158. The molecule has 0 aliphatic carbocycles. The van der Waals surface area contributed by atoms with Crippen LogP contribution in [-0.2, 0) is 16.8 Å². The van der Waals surface area contributed by atoms with E-state index in [1.165, 1.54) is 13.2 Å². The molecular weight excluding hydrogens is 526 g/mol. The first kappa shape index (κ1) is 27.9. The maximum atomic E-state index is 13.7. The summed E-state index contributed by atoms with van der Waals surface area (Å²) in [6.07, 6.45) is -11.9. The van der Waals surface area contributed by atoms with E-state index in [1.807, 2.05) is 0 Å². The topological polar surface area (TPSA) is 64.3 Å². The first-order valence-electron chi connectivity index (χ1n) is 11.4. The van der Waals surface area contributed by atoms with Crippen molar-refractivity contribution >= 4 is 10.9 Å². The van der Waals surface area contributed by atoms with E-state index in [2.05, 4.69) is 16.8 Å². The van der Waals surface area contributed by atoms with E-state index in [0.717, 1.165) is 22.3 Å². The number of rotatable bonds is 5. The SMILES string of the molecule is COCC#Cc1ccc2nc(Cc3ccccc3)n(-c3ccc(C(O)(C(F)(F)F)C(F)(F)F)cc3)c(=O)c2c1. The second kappa shape index (κ2) is 10.6. The quantitative estimate of drug-likeness (QED) is 0.273. The van der Waals surface area contributed by atoms with Gasteiger partial charge in [0.25, 0.3) is 11.2 Å². The minimum Gasteiger partial charge on any atom is -0.372 e. The average Bonchev–Trinajstić information content (AvgIpc) is 2.88. The average molecular weight is 546 g/mol. The van der Waals surface area contributed by atoms with Gasteiger partial charge in [-0.15, -0.1) is 0 Å². The zero-order chi connectivity index (χ0) is 28.4. The summed E-state index contributed by atoms with van der Waals surface area (Å²) >= 11 is 0. The Balaban J connectivity index is 1.91. The number of aliphatic hydroxyl groups is 1. The summed E-state index contributed by atoms with van der Waals surface area (Å²) in [5.41, 5.74) is -5.58. The molecule has 4 aromatic rings. The van der Waals surface area contributed by atoms with Crippen molar-refractivity contribution in [3.05, 3.63) is 106 Å². The summed E-state index contributed by atoms with van der Waals surface area (Å²) in [6, 6.07) is 16.5. The number of ether oxygens (including phenoxy) is 1. The van der Waals surface area contributed by atoms with E-state index in [-0.39, 0.29) is 29.9 Å². The van der Waals surface area contributed by atoms with Crippen LogP contribution in [0.4, 0.5) is 26.3 Å². The van der Waals surface area contributed by atoms with Crippen molar-refractivity contribution in [2.45, 2.75) is 24.4 Å². The highest BCUT2D eigenvalue weighted by molar-refractivity contribution is 5.80. The number of alkyl halides is 6. The predicted molar refractivity (Wildman–Crippen MR) is 131 cm³/mol. The van der Waals surface area contributed by atoms with Crippen LogP contribution < -0.4 is 5.56 Å². The molecule has 1 heterocycles. The molecule has 0 saturated heterocycles. The molecule has 0 amide bonds. The Morgan fingerprint density at radius 2 is 1.56 bits per heavy atom. The minimum atomic E-state index is -6.03. The molecule has 4 rings (SSSR count). The van der Waals surface area contributed by atoms with Crippen LogP contribution >= 0.6 is 0 Å². The first-order chi connectivity index (χ1) is 18.4. The Kier molecular flexibility index (Phi) is 7.54. The number of fused-ring (bicyclic) bond motifs is 1. The van der Waals surface area contributed by atoms with Crippen molar-refractivity contribution in [3.8, 4) is 17.5 Å². The third kappa shape index (κ3) is 5.39. The molecule has 0 aliphatic heterocycles. The van der Waals surface area contributed by atoms with Gasteiger partial charge in [-0.3, -0.25) is 9.36 Å². The van der Waals surface area contributed by atoms with E-state index < -0.39 is 29.1 Å². The van der Waals surface area contributed by atoms with Gasteiger partial charge < -0.3 is 9.84 Å². The monoisotopic (exact) mass is 546 g/mol. The molecule has 0 atom stereocenters. The summed E-state index contributed by atoms with van der Waals surface area (Å²) in [7, 11) is 1.47. The molecule has 202 valence electrons. The summed E-state index contributed by atoms with van der Waals surface area (Å²) in [5, 5.41) is 9.87. The number of methoxy groups -OCH3 is 1. The molecule has 0 bridgehead atoms. The number of nitrogens with zero attached hydrogens (tertiary/aromatic N) is 2. The van der Waals surface area contributed by atoms with Gasteiger partial charge in [-0.25, -0.2) is 4.98 Å². The van der Waals surface area contributed by atoms with Gasteiger partial charge in [-0.05, 0) is 35.9 Å². The van der Waals surface area contributed by atoms with Crippen LogP contribution in [0.1, 0.15) is 22.5 Å². The zero-order valence-electron chi connectivity index (χ0n) is 20.3. The second-order valence-electron chi connectivity index (χ2n) is 8.55. The lowest BCUT2D eigenvalue weighted by molar-refractivity contribution is -0.376. The lowest BCUT2D eigenvalue weighted by atomic mass is 9.92. The van der Waals surface area contributed by atoms with Crippen LogP contribution in [-0.4, -0.2) is 40.7 Å². The molecule has 39 heavy (non-hydrogen) atoms. The van der Waals surface area contributed by atoms with Gasteiger partial charge in [0, 0.05) is 24.7 Å². The molecular formula is C28H20F6N2O3. The van der Waals surface area contributed by atoms with E-state index in [9.17, 15) is 36.2 Å². The number of hydrogen-bond acceptors (Lipinski definition) is 4. The molecule has 1 N–H and O–H groups in total. The highest BCUT2D eigenvalue weighted by Crippen LogP contribution is 2.50. The van der Waals surface area contributed by atoms with Crippen LogP contribution in [0.2, 0.25) is 0 Å². The minimum absolute atomic E-state index is 0.0355. The van der Waals surface area contributed by atoms with Gasteiger partial charge in [0.05, 0.1) is 16.6 Å². The number of hydrogen-bond donors (Lipinski definition) is 1. The molecule has 0 spiro atoms. The van der Waals surface area contributed by atoms with Crippen LogP contribution in [0, 0.1) is 11.8 Å². The van der Waals surface area contributed by atoms with Crippen molar-refractivity contribution in [2.24, 2.45) is 0 Å². The lowest BCUT2D eigenvalue weighted by Gasteiger charge is -2.32. The second-order valence-corrected chi connectivity index (χ2v) is 8.55. The summed E-state index contributed by atoms with van der Waals surface area (Å²) in [5.74, 6) is 5.80. The van der Waals surface area contributed by atoms with E-state index in [1.54, 1.807) is 42.5 Å². The summed E-state index contributed by atoms with van der Waals surface area (Å²) < 4.78 is 86.1. The Morgan fingerprint density at radius 1 is 0.923 bits per heavy atom. The smallest absolute Gasteiger partial charge is 0.372 e. The maximum absolute atomic E-state index is 13.7. The standard InChI is InChI=1S/C28H20F6N2O3/c1-39-15-5-8-19-9-14-23-22(16-19)25(37)36(24(35-23)17-18-6-3-2-4-7-18)21-12-10-20(11-13-21)26(38,27(29,30)31)28(32,33)34/h2-4,6-7,9-14,16,38H,15,17H2,1H3. The molecule has 11 heteroatoms. The van der Waals surface area contributed by atoms with Gasteiger partial charge in [0.2, 0.25) is 0 Å². The van der Waals surface area contributed by atoms with E-state index in [0.29, 0.717) is 23.2 Å².